The molecule has 1 aromatic carbocycles. The number of carbonyl (C=O) groups excluding carboxylic acids is 1. The van der Waals surface area contributed by atoms with Gasteiger partial charge in [0.05, 0.1) is 24.9 Å². The largest absolute Gasteiger partial charge is 0.497 e. The van der Waals surface area contributed by atoms with E-state index in [1.807, 2.05) is 50.2 Å². The highest BCUT2D eigenvalue weighted by Gasteiger charge is 2.18. The van der Waals surface area contributed by atoms with Gasteiger partial charge in [0.2, 0.25) is 5.91 Å². The minimum absolute atomic E-state index is 0.0527. The van der Waals surface area contributed by atoms with E-state index in [1.165, 1.54) is 23.1 Å². The normalized spacial score (nSPS) is 11.4. The van der Waals surface area contributed by atoms with Crippen molar-refractivity contribution in [1.29, 1.82) is 0 Å². The van der Waals surface area contributed by atoms with Gasteiger partial charge in [-0.3, -0.25) is 14.2 Å². The highest BCUT2D eigenvalue weighted by Crippen LogP contribution is 2.30. The van der Waals surface area contributed by atoms with Gasteiger partial charge in [0.25, 0.3) is 5.56 Å². The van der Waals surface area contributed by atoms with E-state index >= 15 is 0 Å². The van der Waals surface area contributed by atoms with Gasteiger partial charge in [0.15, 0.2) is 5.16 Å². The SMILES string of the molecule is COc1ccc(Cn2c(SCC(=O)NC(C)C)nc3c(sc4ncccc43)c2=O)cc1. The molecule has 0 unspecified atom stereocenters. The Morgan fingerprint density at radius 3 is 2.74 bits per heavy atom. The summed E-state index contributed by atoms with van der Waals surface area (Å²) < 4.78 is 7.42. The molecular weight excluding hydrogens is 432 g/mol. The van der Waals surface area contributed by atoms with Crippen LogP contribution in [-0.2, 0) is 11.3 Å². The Labute approximate surface area is 187 Å². The molecule has 0 aliphatic rings. The van der Waals surface area contributed by atoms with Crippen LogP contribution in [0.5, 0.6) is 5.75 Å². The van der Waals surface area contributed by atoms with Gasteiger partial charge in [-0.1, -0.05) is 23.9 Å². The molecule has 0 bridgehead atoms. The monoisotopic (exact) mass is 454 g/mol. The predicted molar refractivity (Wildman–Crippen MR) is 125 cm³/mol. The van der Waals surface area contributed by atoms with Crippen LogP contribution in [0.25, 0.3) is 20.4 Å². The third-order valence-electron chi connectivity index (χ3n) is 4.60. The fourth-order valence-electron chi connectivity index (χ4n) is 3.20. The van der Waals surface area contributed by atoms with E-state index in [0.29, 0.717) is 21.9 Å². The summed E-state index contributed by atoms with van der Waals surface area (Å²) in [5.74, 6) is 0.835. The predicted octanol–water partition coefficient (Wildman–Crippen LogP) is 3.68. The average Bonchev–Trinajstić information content (AvgIpc) is 3.13. The smallest absolute Gasteiger partial charge is 0.272 e. The van der Waals surface area contributed by atoms with Crippen molar-refractivity contribution in [1.82, 2.24) is 19.9 Å². The molecule has 0 atom stereocenters. The number of rotatable bonds is 7. The van der Waals surface area contributed by atoms with Gasteiger partial charge in [-0.15, -0.1) is 11.3 Å². The molecule has 0 aliphatic carbocycles. The summed E-state index contributed by atoms with van der Waals surface area (Å²) in [7, 11) is 1.61. The molecule has 0 saturated carbocycles. The molecule has 0 aliphatic heterocycles. The lowest BCUT2D eigenvalue weighted by molar-refractivity contribution is -0.119. The highest BCUT2D eigenvalue weighted by molar-refractivity contribution is 7.99. The standard InChI is InChI=1S/C22H22N4O3S2/c1-13(2)24-17(27)12-30-22-25-18-16-5-4-10-23-20(16)31-19(18)21(28)26(22)11-14-6-8-15(29-3)9-7-14/h4-10,13H,11-12H2,1-3H3,(H,24,27). The first-order chi connectivity index (χ1) is 15.0. The maximum atomic E-state index is 13.4. The number of amides is 1. The highest BCUT2D eigenvalue weighted by atomic mass is 32.2. The van der Waals surface area contributed by atoms with Gasteiger partial charge >= 0.3 is 0 Å². The van der Waals surface area contributed by atoms with Gasteiger partial charge in [0.1, 0.15) is 15.3 Å². The minimum Gasteiger partial charge on any atom is -0.497 e. The molecule has 0 spiro atoms. The fraction of sp³-hybridized carbons (Fsp3) is 0.273. The van der Waals surface area contributed by atoms with E-state index < -0.39 is 0 Å². The molecule has 1 amide bonds. The average molecular weight is 455 g/mol. The molecule has 1 N–H and O–H groups in total. The molecule has 4 rings (SSSR count). The van der Waals surface area contributed by atoms with Crippen LogP contribution in [0.2, 0.25) is 0 Å². The van der Waals surface area contributed by atoms with E-state index in [9.17, 15) is 9.59 Å². The maximum Gasteiger partial charge on any atom is 0.272 e. The second-order valence-corrected chi connectivity index (χ2v) is 9.22. The van der Waals surface area contributed by atoms with Crippen molar-refractivity contribution in [2.45, 2.75) is 31.6 Å². The van der Waals surface area contributed by atoms with Gasteiger partial charge in [-0.2, -0.15) is 0 Å². The van der Waals surface area contributed by atoms with E-state index in [0.717, 1.165) is 21.5 Å². The third kappa shape index (κ3) is 4.57. The quantitative estimate of drug-likeness (QED) is 0.339. The van der Waals surface area contributed by atoms with Gasteiger partial charge in [-0.25, -0.2) is 9.97 Å². The number of hydrogen-bond donors (Lipinski definition) is 1. The minimum atomic E-state index is -0.129. The first kappa shape index (κ1) is 21.3. The lowest BCUT2D eigenvalue weighted by Gasteiger charge is -2.13. The summed E-state index contributed by atoms with van der Waals surface area (Å²) in [6.07, 6.45) is 1.71. The first-order valence-corrected chi connectivity index (χ1v) is 11.6. The van der Waals surface area contributed by atoms with Crippen molar-refractivity contribution >= 4 is 49.4 Å². The number of nitrogens with one attached hydrogen (secondary N) is 1. The maximum absolute atomic E-state index is 13.4. The summed E-state index contributed by atoms with van der Waals surface area (Å²) in [6.45, 7) is 4.18. The first-order valence-electron chi connectivity index (χ1n) is 9.79. The van der Waals surface area contributed by atoms with E-state index in [-0.39, 0.29) is 23.3 Å². The third-order valence-corrected chi connectivity index (χ3v) is 6.67. The molecule has 160 valence electrons. The zero-order valence-electron chi connectivity index (χ0n) is 17.4. The molecule has 4 aromatic rings. The molecule has 3 aromatic heterocycles. The number of fused-ring (bicyclic) bond motifs is 3. The van der Waals surface area contributed by atoms with Crippen LogP contribution >= 0.6 is 23.1 Å². The van der Waals surface area contributed by atoms with Crippen molar-refractivity contribution in [2.24, 2.45) is 0 Å². The van der Waals surface area contributed by atoms with E-state index in [1.54, 1.807) is 17.9 Å². The number of methoxy groups -OCH3 is 1. The Morgan fingerprint density at radius 1 is 1.26 bits per heavy atom. The molecule has 9 heteroatoms. The zero-order valence-corrected chi connectivity index (χ0v) is 19.0. The van der Waals surface area contributed by atoms with Crippen molar-refractivity contribution < 1.29 is 9.53 Å². The van der Waals surface area contributed by atoms with Crippen LogP contribution in [-0.4, -0.2) is 39.3 Å². The molecule has 7 nitrogen and oxygen atoms in total. The molecule has 0 fully saturated rings. The van der Waals surface area contributed by atoms with Gasteiger partial charge in [0, 0.05) is 17.6 Å². The lowest BCUT2D eigenvalue weighted by atomic mass is 10.2. The number of thiophene rings is 1. The lowest BCUT2D eigenvalue weighted by Crippen LogP contribution is -2.32. The number of pyridine rings is 1. The van der Waals surface area contributed by atoms with E-state index in [2.05, 4.69) is 10.3 Å². The Kier molecular flexibility index (Phi) is 6.24. The molecule has 31 heavy (non-hydrogen) atoms. The molecule has 0 saturated heterocycles. The van der Waals surface area contributed by atoms with E-state index in [4.69, 9.17) is 9.72 Å². The van der Waals surface area contributed by atoms with Crippen molar-refractivity contribution in [2.75, 3.05) is 12.9 Å². The topological polar surface area (TPSA) is 86.1 Å². The summed E-state index contributed by atoms with van der Waals surface area (Å²) in [5.41, 5.74) is 1.45. The van der Waals surface area contributed by atoms with Crippen LogP contribution < -0.4 is 15.6 Å². The second-order valence-electron chi connectivity index (χ2n) is 7.28. The molecular formula is C22H22N4O3S2. The zero-order chi connectivity index (χ0) is 22.0. The van der Waals surface area contributed by atoms with Gasteiger partial charge in [-0.05, 0) is 43.7 Å². The Balaban J connectivity index is 1.78. The number of aromatic nitrogens is 3. The number of ether oxygens (including phenoxy) is 1. The summed E-state index contributed by atoms with van der Waals surface area (Å²) in [6, 6.07) is 11.4. The fourth-order valence-corrected chi connectivity index (χ4v) is 5.03. The van der Waals surface area contributed by atoms with Gasteiger partial charge < -0.3 is 10.1 Å². The van der Waals surface area contributed by atoms with Crippen molar-refractivity contribution in [3.63, 3.8) is 0 Å². The van der Waals surface area contributed by atoms with Crippen LogP contribution in [0.1, 0.15) is 19.4 Å². The number of carbonyl (C=O) groups is 1. The van der Waals surface area contributed by atoms with Crippen LogP contribution in [0.4, 0.5) is 0 Å². The number of hydrogen-bond acceptors (Lipinski definition) is 7. The molecule has 0 radical (unpaired) electrons. The Hall–Kier alpha value is -2.91. The van der Waals surface area contributed by atoms with Crippen LogP contribution in [0.15, 0.2) is 52.5 Å². The summed E-state index contributed by atoms with van der Waals surface area (Å²) in [4.78, 5) is 35.6. The number of thioether (sulfide) groups is 1. The van der Waals surface area contributed by atoms with Crippen molar-refractivity contribution in [3.8, 4) is 5.75 Å². The van der Waals surface area contributed by atoms with Crippen molar-refractivity contribution in [3.05, 3.63) is 58.5 Å². The number of benzene rings is 1. The Bertz CT molecular complexity index is 1300. The van der Waals surface area contributed by atoms with Crippen LogP contribution in [0, 0.1) is 0 Å². The Morgan fingerprint density at radius 2 is 2.03 bits per heavy atom. The molecule has 3 heterocycles. The summed E-state index contributed by atoms with van der Waals surface area (Å²) >= 11 is 2.61. The summed E-state index contributed by atoms with van der Waals surface area (Å²) in [5, 5.41) is 4.24. The second kappa shape index (κ2) is 9.07. The number of nitrogens with zero attached hydrogens (tertiary/aromatic N) is 3. The van der Waals surface area contributed by atoms with Crippen LogP contribution in [0.3, 0.4) is 0 Å².